The highest BCUT2D eigenvalue weighted by atomic mass is 32.2. The van der Waals surface area contributed by atoms with Gasteiger partial charge in [-0.25, -0.2) is 12.7 Å². The Morgan fingerprint density at radius 3 is 2.37 bits per heavy atom. The Labute approximate surface area is 208 Å². The minimum absolute atomic E-state index is 0.0604. The number of benzene rings is 2. The molecule has 0 atom stereocenters. The monoisotopic (exact) mass is 493 g/mol. The number of aromatic nitrogens is 1. The van der Waals surface area contributed by atoms with E-state index in [1.54, 1.807) is 11.2 Å². The van der Waals surface area contributed by atoms with Crippen LogP contribution in [-0.2, 0) is 16.4 Å². The third kappa shape index (κ3) is 5.31. The van der Waals surface area contributed by atoms with Crippen LogP contribution >= 0.6 is 0 Å². The van der Waals surface area contributed by atoms with Gasteiger partial charge in [-0.3, -0.25) is 4.79 Å². The minimum atomic E-state index is -3.12. The number of sulfonamides is 1. The summed E-state index contributed by atoms with van der Waals surface area (Å²) in [4.78, 5) is 12.9. The van der Waals surface area contributed by atoms with Gasteiger partial charge in [0.15, 0.2) is 0 Å². The molecular weight excluding hydrogens is 458 g/mol. The standard InChI is InChI=1S/C28H35N3O3S/c1-3-35(33,34)30-14-12-22(13-15-30)19-29-28(32)23-8-11-27-24(17-23)18-26(31(27)25-9-10-25)16-21-6-4-20(2)5-7-21/h4-8,11,17-18,22,25H,3,9-10,12-16,19H2,1-2H3,(H,29,32). The van der Waals surface area contributed by atoms with Crippen LogP contribution in [0.5, 0.6) is 0 Å². The molecule has 2 fully saturated rings. The molecule has 1 aliphatic heterocycles. The van der Waals surface area contributed by atoms with E-state index >= 15 is 0 Å². The molecule has 1 amide bonds. The van der Waals surface area contributed by atoms with E-state index in [4.69, 9.17) is 0 Å². The van der Waals surface area contributed by atoms with E-state index in [1.807, 2.05) is 12.1 Å². The Balaban J connectivity index is 1.26. The number of piperidine rings is 1. The predicted octanol–water partition coefficient (Wildman–Crippen LogP) is 4.67. The average molecular weight is 494 g/mol. The molecule has 2 aliphatic rings. The summed E-state index contributed by atoms with van der Waals surface area (Å²) >= 11 is 0. The van der Waals surface area contributed by atoms with Crippen LogP contribution in [0.25, 0.3) is 10.9 Å². The summed E-state index contributed by atoms with van der Waals surface area (Å²) in [5.74, 6) is 0.393. The van der Waals surface area contributed by atoms with E-state index in [2.05, 4.69) is 53.2 Å². The quantitative estimate of drug-likeness (QED) is 0.496. The number of fused-ring (bicyclic) bond motifs is 1. The number of nitrogens with zero attached hydrogens (tertiary/aromatic N) is 2. The molecule has 1 N–H and O–H groups in total. The summed E-state index contributed by atoms with van der Waals surface area (Å²) in [5.41, 5.74) is 5.76. The molecule has 2 heterocycles. The number of hydrogen-bond acceptors (Lipinski definition) is 3. The van der Waals surface area contributed by atoms with Gasteiger partial charge in [0.1, 0.15) is 0 Å². The topological polar surface area (TPSA) is 71.4 Å². The third-order valence-corrected chi connectivity index (χ3v) is 9.36. The third-order valence-electron chi connectivity index (χ3n) is 7.48. The van der Waals surface area contributed by atoms with Crippen molar-refractivity contribution in [2.75, 3.05) is 25.4 Å². The molecule has 5 rings (SSSR count). The summed E-state index contributed by atoms with van der Waals surface area (Å²) in [6, 6.07) is 17.6. The summed E-state index contributed by atoms with van der Waals surface area (Å²) in [7, 11) is -3.12. The van der Waals surface area contributed by atoms with Crippen LogP contribution in [0, 0.1) is 12.8 Å². The fraction of sp³-hybridized carbons (Fsp3) is 0.464. The largest absolute Gasteiger partial charge is 0.352 e. The highest BCUT2D eigenvalue weighted by molar-refractivity contribution is 7.89. The van der Waals surface area contributed by atoms with Crippen molar-refractivity contribution in [3.63, 3.8) is 0 Å². The number of carbonyl (C=O) groups excluding carboxylic acids is 1. The first-order chi connectivity index (χ1) is 16.8. The van der Waals surface area contributed by atoms with Gasteiger partial charge in [0.05, 0.1) is 5.75 Å². The van der Waals surface area contributed by atoms with Crippen molar-refractivity contribution in [3.8, 4) is 0 Å². The van der Waals surface area contributed by atoms with Crippen molar-refractivity contribution < 1.29 is 13.2 Å². The fourth-order valence-electron chi connectivity index (χ4n) is 5.16. The summed E-state index contributed by atoms with van der Waals surface area (Å²) in [5, 5.41) is 4.20. The highest BCUT2D eigenvalue weighted by Crippen LogP contribution is 2.40. The van der Waals surface area contributed by atoms with Crippen LogP contribution in [0.1, 0.15) is 65.8 Å². The number of rotatable bonds is 8. The molecule has 0 unspecified atom stereocenters. The molecular formula is C28H35N3O3S. The predicted molar refractivity (Wildman–Crippen MR) is 140 cm³/mol. The van der Waals surface area contributed by atoms with Crippen molar-refractivity contribution in [2.24, 2.45) is 5.92 Å². The zero-order chi connectivity index (χ0) is 24.6. The van der Waals surface area contributed by atoms with Crippen LogP contribution in [-0.4, -0.2) is 48.6 Å². The Morgan fingerprint density at radius 2 is 1.71 bits per heavy atom. The van der Waals surface area contributed by atoms with Gasteiger partial charge in [-0.05, 0) is 75.3 Å². The van der Waals surface area contributed by atoms with Crippen molar-refractivity contribution in [3.05, 3.63) is 70.9 Å². The number of amides is 1. The van der Waals surface area contributed by atoms with Gasteiger partial charge in [-0.2, -0.15) is 0 Å². The summed E-state index contributed by atoms with van der Waals surface area (Å²) in [6.07, 6.45) is 4.88. The van der Waals surface area contributed by atoms with Crippen LogP contribution < -0.4 is 5.32 Å². The van der Waals surface area contributed by atoms with Crippen LogP contribution in [0.4, 0.5) is 0 Å². The van der Waals surface area contributed by atoms with Gasteiger partial charge in [-0.15, -0.1) is 0 Å². The molecule has 2 aromatic carbocycles. The lowest BCUT2D eigenvalue weighted by molar-refractivity contribution is 0.0941. The van der Waals surface area contributed by atoms with Gasteiger partial charge in [0.25, 0.3) is 5.91 Å². The second-order valence-corrected chi connectivity index (χ2v) is 12.4. The summed E-state index contributed by atoms with van der Waals surface area (Å²) < 4.78 is 28.2. The van der Waals surface area contributed by atoms with Crippen LogP contribution in [0.3, 0.4) is 0 Å². The maximum atomic E-state index is 12.9. The van der Waals surface area contributed by atoms with E-state index in [9.17, 15) is 13.2 Å². The van der Waals surface area contributed by atoms with Crippen molar-refractivity contribution >= 4 is 26.8 Å². The molecule has 6 nitrogen and oxygen atoms in total. The van der Waals surface area contributed by atoms with E-state index in [0.29, 0.717) is 37.2 Å². The molecule has 1 saturated heterocycles. The van der Waals surface area contributed by atoms with Crippen molar-refractivity contribution in [2.45, 2.75) is 52.0 Å². The van der Waals surface area contributed by atoms with Crippen molar-refractivity contribution in [1.82, 2.24) is 14.2 Å². The number of nitrogens with one attached hydrogen (secondary N) is 1. The zero-order valence-electron chi connectivity index (χ0n) is 20.7. The number of aryl methyl sites for hydroxylation is 1. The summed E-state index contributed by atoms with van der Waals surface area (Å²) in [6.45, 7) is 5.46. The highest BCUT2D eigenvalue weighted by Gasteiger charge is 2.28. The lowest BCUT2D eigenvalue weighted by Crippen LogP contribution is -2.42. The molecule has 0 spiro atoms. The number of hydrogen-bond donors (Lipinski definition) is 1. The van der Waals surface area contributed by atoms with Gasteiger partial charge in [0, 0.05) is 54.3 Å². The maximum absolute atomic E-state index is 12.9. The second kappa shape index (κ2) is 9.78. The van der Waals surface area contributed by atoms with Crippen LogP contribution in [0.2, 0.25) is 0 Å². The fourth-order valence-corrected chi connectivity index (χ4v) is 6.30. The van der Waals surface area contributed by atoms with E-state index < -0.39 is 10.0 Å². The van der Waals surface area contributed by atoms with Gasteiger partial charge in [-0.1, -0.05) is 29.8 Å². The first kappa shape index (κ1) is 24.1. The van der Waals surface area contributed by atoms with E-state index in [-0.39, 0.29) is 11.7 Å². The molecule has 186 valence electrons. The first-order valence-electron chi connectivity index (χ1n) is 12.8. The molecule has 0 radical (unpaired) electrons. The van der Waals surface area contributed by atoms with Gasteiger partial charge in [0.2, 0.25) is 10.0 Å². The van der Waals surface area contributed by atoms with Crippen molar-refractivity contribution in [1.29, 1.82) is 0 Å². The SMILES string of the molecule is CCS(=O)(=O)N1CCC(CNC(=O)c2ccc3c(c2)cc(Cc2ccc(C)cc2)n3C2CC2)CC1. The molecule has 35 heavy (non-hydrogen) atoms. The van der Waals surface area contributed by atoms with E-state index in [1.165, 1.54) is 35.2 Å². The van der Waals surface area contributed by atoms with Gasteiger partial charge >= 0.3 is 0 Å². The second-order valence-electron chi connectivity index (χ2n) is 10.1. The smallest absolute Gasteiger partial charge is 0.251 e. The Hall–Kier alpha value is -2.64. The zero-order valence-corrected chi connectivity index (χ0v) is 21.5. The van der Waals surface area contributed by atoms with E-state index in [0.717, 1.165) is 24.6 Å². The number of carbonyl (C=O) groups is 1. The van der Waals surface area contributed by atoms with Gasteiger partial charge < -0.3 is 9.88 Å². The lowest BCUT2D eigenvalue weighted by atomic mass is 9.98. The molecule has 0 bridgehead atoms. The molecule has 1 aromatic heterocycles. The minimum Gasteiger partial charge on any atom is -0.352 e. The Kier molecular flexibility index (Phi) is 6.73. The molecule has 3 aromatic rings. The normalized spacial score (nSPS) is 17.7. The average Bonchev–Trinajstić information content (AvgIpc) is 3.64. The Bertz CT molecular complexity index is 1320. The molecule has 1 saturated carbocycles. The van der Waals surface area contributed by atoms with Crippen LogP contribution in [0.15, 0.2) is 48.5 Å². The lowest BCUT2D eigenvalue weighted by Gasteiger charge is -2.31. The molecule has 7 heteroatoms. The maximum Gasteiger partial charge on any atom is 0.251 e. The Morgan fingerprint density at radius 1 is 1.00 bits per heavy atom. The molecule has 1 aliphatic carbocycles. The first-order valence-corrected chi connectivity index (χ1v) is 14.4.